The summed E-state index contributed by atoms with van der Waals surface area (Å²) in [6.07, 6.45) is 0.683. The molecule has 0 fully saturated rings. The first kappa shape index (κ1) is 34.6. The van der Waals surface area contributed by atoms with E-state index in [1.165, 1.54) is 0 Å². The Kier molecular flexibility index (Phi) is 11.6. The summed E-state index contributed by atoms with van der Waals surface area (Å²) in [6, 6.07) is 32.1. The number of amides is 2. The molecule has 0 spiro atoms. The molecule has 0 saturated heterocycles. The van der Waals surface area contributed by atoms with Gasteiger partial charge in [-0.1, -0.05) is 60.7 Å². The molecule has 1 unspecified atom stereocenters. The van der Waals surface area contributed by atoms with Gasteiger partial charge in [0.25, 0.3) is 0 Å². The summed E-state index contributed by atoms with van der Waals surface area (Å²) in [5, 5.41) is 6.26. The number of carbonyl (C=O) groups is 2. The number of nitrogens with one attached hydrogen (secondary N) is 2. The second-order valence-electron chi connectivity index (χ2n) is 11.2. The predicted octanol–water partition coefficient (Wildman–Crippen LogP) is 5.91. The average molecular weight is 680 g/mol. The highest BCUT2D eigenvalue weighted by atomic mass is 35.5. The summed E-state index contributed by atoms with van der Waals surface area (Å²) in [6.45, 7) is 0. The molecule has 1 heterocycles. The third kappa shape index (κ3) is 9.23. The summed E-state index contributed by atoms with van der Waals surface area (Å²) < 4.78 is 10.5. The van der Waals surface area contributed by atoms with Gasteiger partial charge < -0.3 is 29.9 Å². The molecule has 11 nitrogen and oxygen atoms in total. The van der Waals surface area contributed by atoms with Gasteiger partial charge in [-0.3, -0.25) is 9.59 Å². The molecule has 0 bridgehead atoms. The van der Waals surface area contributed by atoms with Crippen molar-refractivity contribution in [2.75, 3.05) is 48.7 Å². The first-order valence-electron chi connectivity index (χ1n) is 15.6. The zero-order valence-corrected chi connectivity index (χ0v) is 28.5. The third-order valence-corrected chi connectivity index (χ3v) is 8.13. The predicted molar refractivity (Wildman–Crippen MR) is 193 cm³/mol. The molecule has 2 N–H and O–H groups in total. The van der Waals surface area contributed by atoms with Crippen LogP contribution in [0.25, 0.3) is 0 Å². The fraction of sp³-hybridized carbons (Fsp3) is 0.216. The van der Waals surface area contributed by atoms with E-state index in [2.05, 4.69) is 25.6 Å². The Labute approximate surface area is 290 Å². The van der Waals surface area contributed by atoms with Crippen molar-refractivity contribution >= 4 is 46.7 Å². The van der Waals surface area contributed by atoms with E-state index in [0.717, 1.165) is 11.1 Å². The Bertz CT molecular complexity index is 1700. The first-order chi connectivity index (χ1) is 23.7. The molecule has 252 valence electrons. The zero-order chi connectivity index (χ0) is 34.8. The smallest absolute Gasteiger partial charge is 0.249 e. The Hall–Kier alpha value is -5.68. The lowest BCUT2D eigenvalue weighted by molar-refractivity contribution is -0.119. The van der Waals surface area contributed by atoms with E-state index in [-0.39, 0.29) is 29.0 Å². The summed E-state index contributed by atoms with van der Waals surface area (Å²) in [7, 11) is 6.59. The second-order valence-corrected chi connectivity index (χ2v) is 11.6. The van der Waals surface area contributed by atoms with E-state index >= 15 is 0 Å². The van der Waals surface area contributed by atoms with E-state index in [1.807, 2.05) is 84.9 Å². The van der Waals surface area contributed by atoms with E-state index < -0.39 is 12.1 Å². The van der Waals surface area contributed by atoms with Crippen LogP contribution in [-0.2, 0) is 22.4 Å². The second kappa shape index (κ2) is 16.4. The quantitative estimate of drug-likeness (QED) is 0.147. The number of ether oxygens (including phenoxy) is 2. The minimum absolute atomic E-state index is 0.0781. The minimum atomic E-state index is -0.774. The first-order valence-corrected chi connectivity index (χ1v) is 16.0. The molecule has 49 heavy (non-hydrogen) atoms. The van der Waals surface area contributed by atoms with Crippen molar-refractivity contribution in [3.05, 3.63) is 126 Å². The lowest BCUT2D eigenvalue weighted by Crippen LogP contribution is -2.43. The van der Waals surface area contributed by atoms with Crippen molar-refractivity contribution in [1.82, 2.24) is 15.0 Å². The minimum Gasteiger partial charge on any atom is -0.497 e. The van der Waals surface area contributed by atoms with Crippen molar-refractivity contribution in [3.8, 4) is 11.5 Å². The number of rotatable bonds is 14. The van der Waals surface area contributed by atoms with Gasteiger partial charge in [0.05, 0.1) is 14.2 Å². The number of benzene rings is 4. The fourth-order valence-corrected chi connectivity index (χ4v) is 5.38. The van der Waals surface area contributed by atoms with Crippen LogP contribution in [0.4, 0.5) is 23.3 Å². The highest BCUT2D eigenvalue weighted by Crippen LogP contribution is 2.23. The van der Waals surface area contributed by atoms with E-state index in [1.54, 1.807) is 62.4 Å². The molecule has 0 aliphatic carbocycles. The number of hydrogen-bond donors (Lipinski definition) is 2. The molecule has 0 aliphatic rings. The molecule has 0 saturated carbocycles. The van der Waals surface area contributed by atoms with Crippen LogP contribution < -0.4 is 29.9 Å². The highest BCUT2D eigenvalue weighted by Gasteiger charge is 2.27. The summed E-state index contributed by atoms with van der Waals surface area (Å²) in [4.78, 5) is 44.2. The van der Waals surface area contributed by atoms with Crippen LogP contribution in [0, 0.1) is 0 Å². The normalized spacial score (nSPS) is 11.9. The molecule has 2 amide bonds. The molecule has 5 aromatic rings. The lowest BCUT2D eigenvalue weighted by atomic mass is 10.0. The summed E-state index contributed by atoms with van der Waals surface area (Å²) in [5.74, 6) is 1.07. The van der Waals surface area contributed by atoms with E-state index in [9.17, 15) is 9.59 Å². The van der Waals surface area contributed by atoms with Crippen LogP contribution in [0.1, 0.15) is 11.1 Å². The Morgan fingerprint density at radius 1 is 0.612 bits per heavy atom. The Balaban J connectivity index is 1.42. The lowest BCUT2D eigenvalue weighted by Gasteiger charge is -2.26. The average Bonchev–Trinajstić information content (AvgIpc) is 3.13. The van der Waals surface area contributed by atoms with Gasteiger partial charge in [0, 0.05) is 38.3 Å². The third-order valence-electron chi connectivity index (χ3n) is 7.96. The van der Waals surface area contributed by atoms with Crippen molar-refractivity contribution in [3.63, 3.8) is 0 Å². The summed E-state index contributed by atoms with van der Waals surface area (Å²) >= 11 is 6.41. The van der Waals surface area contributed by atoms with Gasteiger partial charge in [-0.25, -0.2) is 0 Å². The van der Waals surface area contributed by atoms with Gasteiger partial charge in [0.1, 0.15) is 23.6 Å². The van der Waals surface area contributed by atoms with Crippen LogP contribution >= 0.6 is 11.6 Å². The van der Waals surface area contributed by atoms with Gasteiger partial charge >= 0.3 is 0 Å². The van der Waals surface area contributed by atoms with Crippen LogP contribution in [-0.4, -0.2) is 67.2 Å². The topological polar surface area (TPSA) is 122 Å². The number of anilines is 4. The van der Waals surface area contributed by atoms with Gasteiger partial charge in [0.2, 0.25) is 29.0 Å². The molecule has 2 atom stereocenters. The van der Waals surface area contributed by atoms with Gasteiger partial charge in [-0.15, -0.1) is 0 Å². The Morgan fingerprint density at radius 2 is 0.980 bits per heavy atom. The van der Waals surface area contributed by atoms with E-state index in [0.29, 0.717) is 35.7 Å². The molecule has 0 radical (unpaired) electrons. The fourth-order valence-electron chi connectivity index (χ4n) is 5.22. The maximum absolute atomic E-state index is 14.0. The molecule has 5 rings (SSSR count). The number of carbonyl (C=O) groups excluding carboxylic acids is 2. The highest BCUT2D eigenvalue weighted by molar-refractivity contribution is 6.28. The molecule has 0 aliphatic heterocycles. The maximum atomic E-state index is 14.0. The van der Waals surface area contributed by atoms with Gasteiger partial charge in [0.15, 0.2) is 0 Å². The van der Waals surface area contributed by atoms with Crippen LogP contribution in [0.3, 0.4) is 0 Å². The number of aromatic nitrogens is 3. The number of likely N-dealkylation sites (N-methyl/N-ethyl adjacent to an activating group) is 2. The zero-order valence-electron chi connectivity index (χ0n) is 27.7. The van der Waals surface area contributed by atoms with Gasteiger partial charge in [-0.2, -0.15) is 15.0 Å². The van der Waals surface area contributed by atoms with Crippen molar-refractivity contribution in [2.24, 2.45) is 0 Å². The van der Waals surface area contributed by atoms with Gasteiger partial charge in [-0.05, 0) is 71.3 Å². The van der Waals surface area contributed by atoms with Crippen LogP contribution in [0.15, 0.2) is 109 Å². The number of methoxy groups -OCH3 is 2. The maximum Gasteiger partial charge on any atom is 0.249 e. The largest absolute Gasteiger partial charge is 0.497 e. The molecular formula is C37H38ClN7O4. The van der Waals surface area contributed by atoms with Crippen molar-refractivity contribution in [1.29, 1.82) is 0 Å². The summed E-state index contributed by atoms with van der Waals surface area (Å²) in [5.41, 5.74) is 3.24. The monoisotopic (exact) mass is 679 g/mol. The van der Waals surface area contributed by atoms with Crippen molar-refractivity contribution in [2.45, 2.75) is 24.9 Å². The molecule has 4 aromatic carbocycles. The molecule has 12 heteroatoms. The number of nitrogens with zero attached hydrogens (tertiary/aromatic N) is 5. The standard InChI is InChI=1S/C37H38ClN7O4/c1-44(27-15-19-29(48-3)20-16-27)33(46)31(23-25-11-7-5-8-12-25)39-36-41-35(38)42-37(43-36)40-32(24-26-13-9-6-10-14-26)34(47)45(2)28-17-21-30(49-4)22-18-28/h5-22,31-32H,23-24H2,1-4H3,(H2,39,40,41,42,43)/t31-,32?/m0/s1. The SMILES string of the molecule is COc1ccc(N(C)C(=O)C(Cc2ccccc2)Nc2nc(Cl)nc(N[C@@H](Cc3ccccc3)C(=O)N(C)c3ccc(OC)cc3)n2)cc1. The van der Waals surface area contributed by atoms with E-state index in [4.69, 9.17) is 21.1 Å². The number of halogens is 1. The van der Waals surface area contributed by atoms with Crippen LogP contribution in [0.2, 0.25) is 5.28 Å². The Morgan fingerprint density at radius 3 is 1.33 bits per heavy atom. The van der Waals surface area contributed by atoms with Crippen molar-refractivity contribution < 1.29 is 19.1 Å². The van der Waals surface area contributed by atoms with Crippen LogP contribution in [0.5, 0.6) is 11.5 Å². The molecular weight excluding hydrogens is 642 g/mol. The molecule has 1 aromatic heterocycles. The number of hydrogen-bond acceptors (Lipinski definition) is 9.